The highest BCUT2D eigenvalue weighted by atomic mass is 16.5. The zero-order chi connectivity index (χ0) is 18.0. The van der Waals surface area contributed by atoms with Crippen LogP contribution in [0.2, 0.25) is 0 Å². The number of anilines is 1. The molecule has 0 fully saturated rings. The summed E-state index contributed by atoms with van der Waals surface area (Å²) in [6, 6.07) is 27.3. The first kappa shape index (κ1) is 17.4. The second kappa shape index (κ2) is 9.13. The van der Waals surface area contributed by atoms with Crippen LogP contribution in [0.5, 0.6) is 5.75 Å². The summed E-state index contributed by atoms with van der Waals surface area (Å²) in [6.07, 6.45) is 0. The lowest BCUT2D eigenvalue weighted by atomic mass is 10.2. The molecule has 130 valence electrons. The highest BCUT2D eigenvalue weighted by Gasteiger charge is 2.02. The summed E-state index contributed by atoms with van der Waals surface area (Å²) in [5.41, 5.74) is 5.87. The molecule has 5 nitrogen and oxygen atoms in total. The van der Waals surface area contributed by atoms with Crippen LogP contribution in [-0.2, 0) is 6.54 Å². The van der Waals surface area contributed by atoms with E-state index in [1.807, 2.05) is 84.9 Å². The van der Waals surface area contributed by atoms with E-state index in [4.69, 9.17) is 4.74 Å². The highest BCUT2D eigenvalue weighted by Crippen LogP contribution is 2.13. The zero-order valence-electron chi connectivity index (χ0n) is 14.5. The molecule has 0 spiro atoms. The minimum absolute atomic E-state index is 0.473. The molecule has 0 aliphatic carbocycles. The van der Waals surface area contributed by atoms with Gasteiger partial charge in [0, 0.05) is 5.56 Å². The molecule has 0 saturated heterocycles. The van der Waals surface area contributed by atoms with E-state index in [0.717, 1.165) is 22.6 Å². The third-order valence-corrected chi connectivity index (χ3v) is 3.67. The highest BCUT2D eigenvalue weighted by molar-refractivity contribution is 5.99. The maximum atomic E-state index is 5.16. The average Bonchev–Trinajstić information content (AvgIpc) is 2.72. The lowest BCUT2D eigenvalue weighted by Crippen LogP contribution is -2.01. The Morgan fingerprint density at radius 3 is 2.15 bits per heavy atom. The normalized spacial score (nSPS) is 11.5. The van der Waals surface area contributed by atoms with Crippen LogP contribution < -0.4 is 10.2 Å². The van der Waals surface area contributed by atoms with Crippen molar-refractivity contribution >= 4 is 11.5 Å². The molecular formula is C21H20N4O. The molecule has 5 heteroatoms. The maximum absolute atomic E-state index is 5.16. The van der Waals surface area contributed by atoms with Crippen LogP contribution in [0.25, 0.3) is 0 Å². The molecule has 0 heterocycles. The van der Waals surface area contributed by atoms with Crippen molar-refractivity contribution in [3.8, 4) is 5.75 Å². The molecule has 0 amide bonds. The van der Waals surface area contributed by atoms with E-state index in [1.165, 1.54) is 0 Å². The third-order valence-electron chi connectivity index (χ3n) is 3.67. The second-order valence-corrected chi connectivity index (χ2v) is 5.53. The summed E-state index contributed by atoms with van der Waals surface area (Å²) in [7, 11) is 1.65. The molecule has 1 N–H and O–H groups in total. The number of rotatable bonds is 6. The Morgan fingerprint density at radius 2 is 1.50 bits per heavy atom. The monoisotopic (exact) mass is 344 g/mol. The van der Waals surface area contributed by atoms with E-state index in [-0.39, 0.29) is 0 Å². The van der Waals surface area contributed by atoms with Crippen LogP contribution in [-0.4, -0.2) is 12.9 Å². The van der Waals surface area contributed by atoms with E-state index in [0.29, 0.717) is 12.4 Å². The molecule has 26 heavy (non-hydrogen) atoms. The molecule has 0 aliphatic heterocycles. The molecule has 0 radical (unpaired) electrons. The van der Waals surface area contributed by atoms with Crippen molar-refractivity contribution in [3.05, 3.63) is 96.1 Å². The van der Waals surface area contributed by atoms with Gasteiger partial charge in [0.05, 0.1) is 19.3 Å². The van der Waals surface area contributed by atoms with Crippen molar-refractivity contribution in [3.63, 3.8) is 0 Å². The fourth-order valence-corrected chi connectivity index (χ4v) is 2.28. The van der Waals surface area contributed by atoms with E-state index in [9.17, 15) is 0 Å². The van der Waals surface area contributed by atoms with Gasteiger partial charge in [-0.2, -0.15) is 10.2 Å². The van der Waals surface area contributed by atoms with Gasteiger partial charge in [0.1, 0.15) is 5.75 Å². The van der Waals surface area contributed by atoms with Gasteiger partial charge in [0.15, 0.2) is 0 Å². The summed E-state index contributed by atoms with van der Waals surface area (Å²) in [6.45, 7) is 0.473. The lowest BCUT2D eigenvalue weighted by Gasteiger charge is -2.03. The molecule has 0 saturated carbocycles. The molecule has 3 aromatic carbocycles. The standard InChI is InChI=1S/C21H20N4O/c1-26-20-14-12-17(13-15-20)16-22-24-21(18-8-4-2-5-9-18)25-23-19-10-6-3-7-11-19/h2-15,23H,16H2,1H3. The SMILES string of the molecule is COc1ccc(CN=NC(=NNc2ccccc2)c2ccccc2)cc1. The number of hydrogen-bond donors (Lipinski definition) is 1. The van der Waals surface area contributed by atoms with Gasteiger partial charge in [-0.25, -0.2) is 0 Å². The topological polar surface area (TPSA) is 58.3 Å². The largest absolute Gasteiger partial charge is 0.497 e. The first-order valence-corrected chi connectivity index (χ1v) is 8.30. The molecular weight excluding hydrogens is 324 g/mol. The number of nitrogens with one attached hydrogen (secondary N) is 1. The molecule has 0 aliphatic rings. The van der Waals surface area contributed by atoms with Crippen molar-refractivity contribution in [1.29, 1.82) is 0 Å². The van der Waals surface area contributed by atoms with E-state index < -0.39 is 0 Å². The van der Waals surface area contributed by atoms with Gasteiger partial charge in [-0.05, 0) is 29.8 Å². The maximum Gasteiger partial charge on any atom is 0.200 e. The lowest BCUT2D eigenvalue weighted by molar-refractivity contribution is 0.414. The van der Waals surface area contributed by atoms with Crippen molar-refractivity contribution in [1.82, 2.24) is 0 Å². The Balaban J connectivity index is 1.74. The van der Waals surface area contributed by atoms with Crippen molar-refractivity contribution < 1.29 is 4.74 Å². The number of benzene rings is 3. The third kappa shape index (κ3) is 5.01. The Labute approximate surface area is 153 Å². The number of hydrogen-bond acceptors (Lipinski definition) is 4. The van der Waals surface area contributed by atoms with Crippen LogP contribution in [0.3, 0.4) is 0 Å². The van der Waals surface area contributed by atoms with Gasteiger partial charge in [0.2, 0.25) is 5.84 Å². The number of methoxy groups -OCH3 is 1. The van der Waals surface area contributed by atoms with Gasteiger partial charge >= 0.3 is 0 Å². The minimum atomic E-state index is 0.473. The molecule has 0 unspecified atom stereocenters. The van der Waals surface area contributed by atoms with Gasteiger partial charge in [-0.1, -0.05) is 60.7 Å². The second-order valence-electron chi connectivity index (χ2n) is 5.53. The summed E-state index contributed by atoms with van der Waals surface area (Å²) in [5, 5.41) is 13.0. The van der Waals surface area contributed by atoms with Crippen LogP contribution in [0.1, 0.15) is 11.1 Å². The fraction of sp³-hybridized carbons (Fsp3) is 0.0952. The first-order valence-electron chi connectivity index (χ1n) is 8.30. The summed E-state index contributed by atoms with van der Waals surface area (Å²) in [5.74, 6) is 1.35. The first-order chi connectivity index (χ1) is 12.8. The molecule has 3 rings (SSSR count). The fourth-order valence-electron chi connectivity index (χ4n) is 2.28. The van der Waals surface area contributed by atoms with Gasteiger partial charge in [-0.15, -0.1) is 5.11 Å². The van der Waals surface area contributed by atoms with Crippen LogP contribution in [0, 0.1) is 0 Å². The summed E-state index contributed by atoms with van der Waals surface area (Å²) < 4.78 is 5.16. The van der Waals surface area contributed by atoms with Crippen LogP contribution in [0.15, 0.2) is 100 Å². The van der Waals surface area contributed by atoms with E-state index in [2.05, 4.69) is 20.8 Å². The Morgan fingerprint density at radius 1 is 0.846 bits per heavy atom. The molecule has 0 atom stereocenters. The number of amidine groups is 1. The average molecular weight is 344 g/mol. The quantitative estimate of drug-likeness (QED) is 0.292. The minimum Gasteiger partial charge on any atom is -0.497 e. The van der Waals surface area contributed by atoms with E-state index in [1.54, 1.807) is 7.11 Å². The number of hydrazone groups is 1. The summed E-state index contributed by atoms with van der Waals surface area (Å²) in [4.78, 5) is 0. The Kier molecular flexibility index (Phi) is 6.09. The smallest absolute Gasteiger partial charge is 0.200 e. The van der Waals surface area contributed by atoms with Crippen LogP contribution in [0.4, 0.5) is 5.69 Å². The number of nitrogens with zero attached hydrogens (tertiary/aromatic N) is 3. The van der Waals surface area contributed by atoms with Crippen molar-refractivity contribution in [2.45, 2.75) is 6.54 Å². The van der Waals surface area contributed by atoms with E-state index >= 15 is 0 Å². The number of para-hydroxylation sites is 1. The molecule has 0 aromatic heterocycles. The number of azo groups is 1. The number of ether oxygens (including phenoxy) is 1. The van der Waals surface area contributed by atoms with Crippen molar-refractivity contribution in [2.24, 2.45) is 15.3 Å². The Hall–Kier alpha value is -3.47. The van der Waals surface area contributed by atoms with Gasteiger partial charge in [0.25, 0.3) is 0 Å². The predicted octanol–water partition coefficient (Wildman–Crippen LogP) is 5.12. The Bertz CT molecular complexity index is 860. The molecule has 3 aromatic rings. The molecule has 0 bridgehead atoms. The van der Waals surface area contributed by atoms with Gasteiger partial charge < -0.3 is 4.74 Å². The zero-order valence-corrected chi connectivity index (χ0v) is 14.5. The van der Waals surface area contributed by atoms with Crippen molar-refractivity contribution in [2.75, 3.05) is 12.5 Å². The van der Waals surface area contributed by atoms with Crippen LogP contribution >= 0.6 is 0 Å². The predicted molar refractivity (Wildman–Crippen MR) is 105 cm³/mol. The summed E-state index contributed by atoms with van der Waals surface area (Å²) >= 11 is 0. The van der Waals surface area contributed by atoms with Gasteiger partial charge in [-0.3, -0.25) is 5.43 Å².